The number of anilines is 1. The normalized spacial score (nSPS) is 10.3. The van der Waals surface area contributed by atoms with Crippen LogP contribution < -0.4 is 5.73 Å². The summed E-state index contributed by atoms with van der Waals surface area (Å²) >= 11 is 5.85. The van der Waals surface area contributed by atoms with Gasteiger partial charge in [0.05, 0.1) is 15.5 Å². The lowest BCUT2D eigenvalue weighted by molar-refractivity contribution is -0.384. The lowest BCUT2D eigenvalue weighted by Crippen LogP contribution is -1.89. The SMILES string of the molecule is Nc1nnc(-c2cc([N+](=O)[O-])ccc2Cl)o1. The number of nitrogen functional groups attached to an aromatic ring is 1. The third-order valence-corrected chi connectivity index (χ3v) is 2.16. The third kappa shape index (κ3) is 1.80. The Kier molecular flexibility index (Phi) is 2.45. The van der Waals surface area contributed by atoms with Crippen molar-refractivity contribution in [2.45, 2.75) is 0 Å². The molecule has 0 saturated carbocycles. The quantitative estimate of drug-likeness (QED) is 0.634. The Bertz CT molecular complexity index is 554. The largest absolute Gasteiger partial charge is 0.403 e. The fourth-order valence-electron chi connectivity index (χ4n) is 1.13. The van der Waals surface area contributed by atoms with Crippen LogP contribution in [0.3, 0.4) is 0 Å². The van der Waals surface area contributed by atoms with Crippen molar-refractivity contribution >= 4 is 23.3 Å². The first-order valence-electron chi connectivity index (χ1n) is 4.11. The standard InChI is InChI=1S/C8H5ClN4O3/c9-6-2-1-4(13(14)15)3-5(6)7-11-12-8(10)16-7/h1-3H,(H2,10,12). The second-order valence-electron chi connectivity index (χ2n) is 2.87. The van der Waals surface area contributed by atoms with Crippen LogP contribution in [0, 0.1) is 10.1 Å². The van der Waals surface area contributed by atoms with Gasteiger partial charge in [0, 0.05) is 12.1 Å². The summed E-state index contributed by atoms with van der Waals surface area (Å²) in [7, 11) is 0. The molecule has 0 unspecified atom stereocenters. The summed E-state index contributed by atoms with van der Waals surface area (Å²) in [4.78, 5) is 10.0. The van der Waals surface area contributed by atoms with Gasteiger partial charge in [-0.25, -0.2) is 0 Å². The molecule has 0 bridgehead atoms. The molecule has 1 aromatic heterocycles. The van der Waals surface area contributed by atoms with E-state index in [0.717, 1.165) is 0 Å². The summed E-state index contributed by atoms with van der Waals surface area (Å²) in [5.41, 5.74) is 5.41. The highest BCUT2D eigenvalue weighted by molar-refractivity contribution is 6.33. The molecule has 0 amide bonds. The molecular formula is C8H5ClN4O3. The molecule has 8 heteroatoms. The summed E-state index contributed by atoms with van der Waals surface area (Å²) in [5.74, 6) is 0.0474. The molecule has 2 rings (SSSR count). The minimum absolute atomic E-state index is 0.0474. The van der Waals surface area contributed by atoms with Gasteiger partial charge >= 0.3 is 6.01 Å². The van der Waals surface area contributed by atoms with Crippen molar-refractivity contribution in [2.75, 3.05) is 5.73 Å². The van der Waals surface area contributed by atoms with E-state index in [4.69, 9.17) is 21.8 Å². The number of nitrogens with zero attached hydrogens (tertiary/aromatic N) is 3. The Morgan fingerprint density at radius 2 is 2.19 bits per heavy atom. The summed E-state index contributed by atoms with van der Waals surface area (Å²) in [6.45, 7) is 0. The minimum atomic E-state index is -0.542. The number of halogens is 1. The molecule has 0 aliphatic carbocycles. The maximum absolute atomic E-state index is 10.6. The molecular weight excluding hydrogens is 236 g/mol. The Balaban J connectivity index is 2.55. The average molecular weight is 241 g/mol. The topological polar surface area (TPSA) is 108 Å². The van der Waals surface area contributed by atoms with Crippen molar-refractivity contribution in [1.29, 1.82) is 0 Å². The van der Waals surface area contributed by atoms with Crippen molar-refractivity contribution in [3.8, 4) is 11.5 Å². The summed E-state index contributed by atoms with van der Waals surface area (Å²) < 4.78 is 4.93. The van der Waals surface area contributed by atoms with Crippen molar-refractivity contribution in [1.82, 2.24) is 10.2 Å². The van der Waals surface area contributed by atoms with Crippen LogP contribution in [-0.4, -0.2) is 15.1 Å². The van der Waals surface area contributed by atoms with Gasteiger partial charge in [-0.05, 0) is 6.07 Å². The first-order valence-corrected chi connectivity index (χ1v) is 4.49. The van der Waals surface area contributed by atoms with E-state index in [1.165, 1.54) is 18.2 Å². The Morgan fingerprint density at radius 3 is 2.75 bits per heavy atom. The highest BCUT2D eigenvalue weighted by Crippen LogP contribution is 2.30. The molecule has 0 radical (unpaired) electrons. The van der Waals surface area contributed by atoms with E-state index in [2.05, 4.69) is 10.2 Å². The molecule has 0 saturated heterocycles. The first-order chi connectivity index (χ1) is 7.58. The predicted molar refractivity (Wildman–Crippen MR) is 55.8 cm³/mol. The monoisotopic (exact) mass is 240 g/mol. The lowest BCUT2D eigenvalue weighted by Gasteiger charge is -1.98. The number of nitrogens with two attached hydrogens (primary N) is 1. The molecule has 2 aromatic rings. The smallest absolute Gasteiger partial charge is 0.313 e. The Hall–Kier alpha value is -2.15. The van der Waals surface area contributed by atoms with Crippen LogP contribution >= 0.6 is 11.6 Å². The van der Waals surface area contributed by atoms with Crippen LogP contribution in [0.4, 0.5) is 11.7 Å². The number of benzene rings is 1. The first kappa shape index (κ1) is 10.4. The number of hydrogen-bond donors (Lipinski definition) is 1. The van der Waals surface area contributed by atoms with E-state index < -0.39 is 4.92 Å². The van der Waals surface area contributed by atoms with E-state index in [1.54, 1.807) is 0 Å². The van der Waals surface area contributed by atoms with Gasteiger partial charge in [0.1, 0.15) is 0 Å². The van der Waals surface area contributed by atoms with Crippen LogP contribution in [-0.2, 0) is 0 Å². The van der Waals surface area contributed by atoms with E-state index in [0.29, 0.717) is 0 Å². The van der Waals surface area contributed by atoms with E-state index >= 15 is 0 Å². The summed E-state index contributed by atoms with van der Waals surface area (Å²) in [6, 6.07) is 3.79. The zero-order valence-electron chi connectivity index (χ0n) is 7.75. The second kappa shape index (κ2) is 3.78. The van der Waals surface area contributed by atoms with Gasteiger partial charge in [-0.1, -0.05) is 16.7 Å². The van der Waals surface area contributed by atoms with Crippen LogP contribution in [0.25, 0.3) is 11.5 Å². The molecule has 2 N–H and O–H groups in total. The number of aromatic nitrogens is 2. The van der Waals surface area contributed by atoms with Crippen LogP contribution in [0.5, 0.6) is 0 Å². The molecule has 7 nitrogen and oxygen atoms in total. The van der Waals surface area contributed by atoms with Crippen molar-refractivity contribution in [2.24, 2.45) is 0 Å². The molecule has 0 spiro atoms. The Morgan fingerprint density at radius 1 is 1.44 bits per heavy atom. The Labute approximate surface area is 94.0 Å². The van der Waals surface area contributed by atoms with Gasteiger partial charge in [-0.2, -0.15) is 0 Å². The maximum Gasteiger partial charge on any atom is 0.313 e. The summed E-state index contributed by atoms with van der Waals surface area (Å²) in [6.07, 6.45) is 0. The molecule has 82 valence electrons. The van der Waals surface area contributed by atoms with Crippen LogP contribution in [0.2, 0.25) is 5.02 Å². The zero-order chi connectivity index (χ0) is 11.7. The molecule has 0 aliphatic rings. The van der Waals surface area contributed by atoms with Gasteiger partial charge in [0.2, 0.25) is 0 Å². The number of rotatable bonds is 2. The highest BCUT2D eigenvalue weighted by Gasteiger charge is 2.15. The average Bonchev–Trinajstić information content (AvgIpc) is 2.65. The zero-order valence-corrected chi connectivity index (χ0v) is 8.51. The molecule has 1 aromatic carbocycles. The van der Waals surface area contributed by atoms with E-state index in [1.807, 2.05) is 0 Å². The molecule has 16 heavy (non-hydrogen) atoms. The van der Waals surface area contributed by atoms with E-state index in [9.17, 15) is 10.1 Å². The van der Waals surface area contributed by atoms with Crippen molar-refractivity contribution < 1.29 is 9.34 Å². The fraction of sp³-hybridized carbons (Fsp3) is 0. The summed E-state index contributed by atoms with van der Waals surface area (Å²) in [5, 5.41) is 17.9. The predicted octanol–water partition coefficient (Wildman–Crippen LogP) is 1.88. The number of non-ortho nitro benzene ring substituents is 1. The van der Waals surface area contributed by atoms with E-state index in [-0.39, 0.29) is 28.2 Å². The van der Waals surface area contributed by atoms with Gasteiger partial charge in [0.15, 0.2) is 0 Å². The highest BCUT2D eigenvalue weighted by atomic mass is 35.5. The minimum Gasteiger partial charge on any atom is -0.403 e. The third-order valence-electron chi connectivity index (χ3n) is 1.83. The van der Waals surface area contributed by atoms with Crippen LogP contribution in [0.15, 0.2) is 22.6 Å². The molecule has 1 heterocycles. The van der Waals surface area contributed by atoms with Gasteiger partial charge in [0.25, 0.3) is 11.6 Å². The van der Waals surface area contributed by atoms with Crippen molar-refractivity contribution in [3.05, 3.63) is 33.3 Å². The number of nitro groups is 1. The molecule has 0 fully saturated rings. The number of hydrogen-bond acceptors (Lipinski definition) is 6. The van der Waals surface area contributed by atoms with Crippen molar-refractivity contribution in [3.63, 3.8) is 0 Å². The molecule has 0 atom stereocenters. The van der Waals surface area contributed by atoms with Gasteiger partial charge < -0.3 is 10.2 Å². The molecule has 0 aliphatic heterocycles. The maximum atomic E-state index is 10.6. The van der Waals surface area contributed by atoms with Crippen LogP contribution in [0.1, 0.15) is 0 Å². The second-order valence-corrected chi connectivity index (χ2v) is 3.27. The fourth-order valence-corrected chi connectivity index (χ4v) is 1.33. The number of nitro benzene ring substituents is 1. The van der Waals surface area contributed by atoms with Gasteiger partial charge in [-0.3, -0.25) is 10.1 Å². The lowest BCUT2D eigenvalue weighted by atomic mass is 10.2. The van der Waals surface area contributed by atoms with Gasteiger partial charge in [-0.15, -0.1) is 5.10 Å².